The molecule has 3 rings (SSSR count). The van der Waals surface area contributed by atoms with Gasteiger partial charge in [-0.1, -0.05) is 29.3 Å². The number of hydrogen-bond acceptors (Lipinski definition) is 8. The fourth-order valence-corrected chi connectivity index (χ4v) is 3.59. The summed E-state index contributed by atoms with van der Waals surface area (Å²) in [5.41, 5.74) is 0.673. The highest BCUT2D eigenvalue weighted by Gasteiger charge is 2.47. The topological polar surface area (TPSA) is 147 Å². The van der Waals surface area contributed by atoms with Gasteiger partial charge in [0, 0.05) is 16.0 Å². The largest absolute Gasteiger partial charge is 0.479 e. The molecule has 4 N–H and O–H groups in total. The lowest BCUT2D eigenvalue weighted by Gasteiger charge is -2.38. The zero-order valence-electron chi connectivity index (χ0n) is 14.9. The minimum atomic E-state index is -1.79. The Morgan fingerprint density at radius 1 is 1.24 bits per heavy atom. The van der Waals surface area contributed by atoms with Gasteiger partial charge >= 0.3 is 5.97 Å². The highest BCUT2D eigenvalue weighted by Crippen LogP contribution is 2.30. The van der Waals surface area contributed by atoms with E-state index in [1.807, 2.05) is 0 Å². The van der Waals surface area contributed by atoms with E-state index in [9.17, 15) is 20.1 Å². The van der Waals surface area contributed by atoms with Crippen LogP contribution in [0.25, 0.3) is 0 Å². The third-order valence-electron chi connectivity index (χ3n) is 4.55. The van der Waals surface area contributed by atoms with Crippen LogP contribution in [0, 0.1) is 0 Å². The predicted molar refractivity (Wildman–Crippen MR) is 99.5 cm³/mol. The summed E-state index contributed by atoms with van der Waals surface area (Å²) < 4.78 is 12.3. The minimum Gasteiger partial charge on any atom is -0.479 e. The molecular weight excluding hydrogens is 429 g/mol. The van der Waals surface area contributed by atoms with E-state index in [1.54, 1.807) is 22.9 Å². The molecule has 0 bridgehead atoms. The number of benzene rings is 1. The third-order valence-corrected chi connectivity index (χ3v) is 5.11. The lowest BCUT2D eigenvalue weighted by molar-refractivity contribution is -0.295. The van der Waals surface area contributed by atoms with E-state index in [2.05, 4.69) is 10.1 Å². The Hall–Kier alpha value is -1.79. The van der Waals surface area contributed by atoms with Crippen molar-refractivity contribution in [1.29, 1.82) is 0 Å². The van der Waals surface area contributed by atoms with Gasteiger partial charge in [0.05, 0.1) is 13.2 Å². The van der Waals surface area contributed by atoms with Crippen molar-refractivity contribution in [2.24, 2.45) is 0 Å². The molecule has 1 aliphatic heterocycles. The standard InChI is InChI=1S/C17H19Cl2N3O7/c18-9-1-2-10(11(19)3-9)8(4-22-7-20-6-21-22)5-28-17-14(25)12(23)13(24)15(29-17)16(26)27/h1-3,6-8,12-15,17,23-25H,4-5H2,(H,26,27)/t8?,12-,13-,14+,15-,17+/m0/s1. The van der Waals surface area contributed by atoms with E-state index < -0.39 is 42.6 Å². The lowest BCUT2D eigenvalue weighted by Crippen LogP contribution is -2.60. The molecule has 2 aromatic rings. The summed E-state index contributed by atoms with van der Waals surface area (Å²) in [4.78, 5) is 15.1. The smallest absolute Gasteiger partial charge is 0.335 e. The number of carbonyl (C=O) groups is 1. The number of aliphatic hydroxyl groups is 3. The van der Waals surface area contributed by atoms with Gasteiger partial charge in [0.1, 0.15) is 31.0 Å². The molecular formula is C17H19Cl2N3O7. The predicted octanol–water partition coefficient (Wildman–Crippen LogP) is 0.277. The molecule has 0 aliphatic carbocycles. The molecule has 1 aromatic carbocycles. The monoisotopic (exact) mass is 447 g/mol. The Balaban J connectivity index is 1.77. The van der Waals surface area contributed by atoms with Crippen molar-refractivity contribution in [3.05, 3.63) is 46.5 Å². The van der Waals surface area contributed by atoms with Crippen molar-refractivity contribution in [3.8, 4) is 0 Å². The van der Waals surface area contributed by atoms with Gasteiger partial charge in [-0.05, 0) is 17.7 Å². The molecule has 1 aliphatic rings. The van der Waals surface area contributed by atoms with Crippen LogP contribution in [0.4, 0.5) is 0 Å². The van der Waals surface area contributed by atoms with Gasteiger partial charge in [0.15, 0.2) is 12.4 Å². The van der Waals surface area contributed by atoms with Crippen molar-refractivity contribution in [2.45, 2.75) is 43.2 Å². The third kappa shape index (κ3) is 5.04. The molecule has 158 valence electrons. The first kappa shape index (κ1) is 21.9. The van der Waals surface area contributed by atoms with Crippen molar-refractivity contribution in [3.63, 3.8) is 0 Å². The molecule has 1 saturated heterocycles. The van der Waals surface area contributed by atoms with Crippen LogP contribution in [0.1, 0.15) is 11.5 Å². The van der Waals surface area contributed by atoms with Gasteiger partial charge in [-0.25, -0.2) is 9.78 Å². The maximum absolute atomic E-state index is 11.2. The van der Waals surface area contributed by atoms with Gasteiger partial charge in [0.25, 0.3) is 0 Å². The highest BCUT2D eigenvalue weighted by atomic mass is 35.5. The van der Waals surface area contributed by atoms with Crippen LogP contribution in [0.2, 0.25) is 10.0 Å². The summed E-state index contributed by atoms with van der Waals surface area (Å²) in [6.45, 7) is 0.232. The van der Waals surface area contributed by atoms with E-state index in [4.69, 9.17) is 37.8 Å². The number of aliphatic carboxylic acids is 1. The second-order valence-corrected chi connectivity index (χ2v) is 7.39. The van der Waals surface area contributed by atoms with Crippen LogP contribution in [-0.2, 0) is 20.8 Å². The summed E-state index contributed by atoms with van der Waals surface area (Å²) in [7, 11) is 0. The van der Waals surface area contributed by atoms with Crippen LogP contribution in [-0.4, -0.2) is 78.5 Å². The van der Waals surface area contributed by atoms with E-state index in [0.29, 0.717) is 22.2 Å². The number of carboxylic acids is 1. The molecule has 1 fully saturated rings. The van der Waals surface area contributed by atoms with Crippen LogP contribution in [0.15, 0.2) is 30.9 Å². The SMILES string of the molecule is O=C(O)[C@H]1O[C@@H](OCC(Cn2cncn2)c2ccc(Cl)cc2Cl)[C@H](O)[C@@H](O)[C@@H]1O. The Kier molecular flexibility index (Phi) is 7.06. The zero-order chi connectivity index (χ0) is 21.1. The molecule has 1 aromatic heterocycles. The fraction of sp³-hybridized carbons (Fsp3) is 0.471. The van der Waals surface area contributed by atoms with Gasteiger partial charge in [0.2, 0.25) is 0 Å². The minimum absolute atomic E-state index is 0.0713. The van der Waals surface area contributed by atoms with E-state index >= 15 is 0 Å². The van der Waals surface area contributed by atoms with E-state index in [-0.39, 0.29) is 6.61 Å². The molecule has 10 nitrogen and oxygen atoms in total. The molecule has 29 heavy (non-hydrogen) atoms. The number of hydrogen-bond donors (Lipinski definition) is 4. The zero-order valence-corrected chi connectivity index (χ0v) is 16.4. The number of aliphatic hydroxyl groups excluding tert-OH is 3. The first-order valence-electron chi connectivity index (χ1n) is 8.59. The summed E-state index contributed by atoms with van der Waals surface area (Å²) in [5, 5.41) is 43.8. The molecule has 1 unspecified atom stereocenters. The average Bonchev–Trinajstić information content (AvgIpc) is 3.17. The van der Waals surface area contributed by atoms with Crippen molar-refractivity contribution in [2.75, 3.05) is 6.61 Å². The average molecular weight is 448 g/mol. The number of rotatable bonds is 7. The maximum atomic E-state index is 11.2. The van der Waals surface area contributed by atoms with Crippen LogP contribution < -0.4 is 0 Å². The summed E-state index contributed by atoms with van der Waals surface area (Å²) >= 11 is 12.3. The summed E-state index contributed by atoms with van der Waals surface area (Å²) in [6.07, 6.45) is -5.53. The van der Waals surface area contributed by atoms with Crippen molar-refractivity contribution >= 4 is 29.2 Å². The van der Waals surface area contributed by atoms with Crippen LogP contribution >= 0.6 is 23.2 Å². The maximum Gasteiger partial charge on any atom is 0.335 e. The number of nitrogens with zero attached hydrogens (tertiary/aromatic N) is 3. The Morgan fingerprint density at radius 2 is 2.00 bits per heavy atom. The Morgan fingerprint density at radius 3 is 2.62 bits per heavy atom. The van der Waals surface area contributed by atoms with Gasteiger partial charge < -0.3 is 29.9 Å². The summed E-state index contributed by atoms with van der Waals surface area (Å²) in [5.74, 6) is -1.89. The Bertz CT molecular complexity index is 838. The van der Waals surface area contributed by atoms with Gasteiger partial charge in [-0.15, -0.1) is 0 Å². The first-order valence-corrected chi connectivity index (χ1v) is 9.35. The molecule has 6 atom stereocenters. The quantitative estimate of drug-likeness (QED) is 0.469. The number of ether oxygens (including phenoxy) is 2. The van der Waals surface area contributed by atoms with Crippen LogP contribution in [0.5, 0.6) is 0 Å². The number of carboxylic acid groups (broad SMARTS) is 1. The normalized spacial score (nSPS) is 28.2. The second-order valence-electron chi connectivity index (χ2n) is 6.55. The highest BCUT2D eigenvalue weighted by molar-refractivity contribution is 6.35. The van der Waals surface area contributed by atoms with E-state index in [1.165, 1.54) is 12.7 Å². The van der Waals surface area contributed by atoms with Crippen molar-refractivity contribution < 1.29 is 34.7 Å². The molecule has 0 radical (unpaired) electrons. The Labute approximate surface area is 175 Å². The van der Waals surface area contributed by atoms with E-state index in [0.717, 1.165) is 0 Å². The van der Waals surface area contributed by atoms with Crippen LogP contribution in [0.3, 0.4) is 0 Å². The molecule has 0 amide bonds. The van der Waals surface area contributed by atoms with Crippen molar-refractivity contribution in [1.82, 2.24) is 14.8 Å². The second kappa shape index (κ2) is 9.35. The molecule has 2 heterocycles. The molecule has 0 saturated carbocycles. The van der Waals surface area contributed by atoms with Gasteiger partial charge in [-0.2, -0.15) is 5.10 Å². The number of halogens is 2. The molecule has 12 heteroatoms. The molecule has 0 spiro atoms. The first-order chi connectivity index (χ1) is 13.8. The lowest BCUT2D eigenvalue weighted by atomic mass is 9.98. The summed E-state index contributed by atoms with van der Waals surface area (Å²) in [6, 6.07) is 4.94. The van der Waals surface area contributed by atoms with Gasteiger partial charge in [-0.3, -0.25) is 4.68 Å². The fourth-order valence-electron chi connectivity index (χ4n) is 3.03. The number of aromatic nitrogens is 3.